The van der Waals surface area contributed by atoms with Gasteiger partial charge in [-0.3, -0.25) is 4.79 Å². The summed E-state index contributed by atoms with van der Waals surface area (Å²) < 4.78 is 5.25. The summed E-state index contributed by atoms with van der Waals surface area (Å²) >= 11 is 0. The summed E-state index contributed by atoms with van der Waals surface area (Å²) in [7, 11) is 0. The minimum atomic E-state index is -0.687. The van der Waals surface area contributed by atoms with Crippen molar-refractivity contribution in [3.8, 4) is 0 Å². The molecule has 1 saturated carbocycles. The molecule has 0 aromatic carbocycles. The Bertz CT molecular complexity index is 334. The van der Waals surface area contributed by atoms with Crippen LogP contribution in [0.4, 0.5) is 4.79 Å². The first-order valence-corrected chi connectivity index (χ1v) is 7.47. The molecule has 0 bridgehead atoms. The molecule has 0 spiro atoms. The lowest BCUT2D eigenvalue weighted by Gasteiger charge is -2.26. The molecule has 1 heterocycles. The number of carboxylic acids is 1. The van der Waals surface area contributed by atoms with Crippen LogP contribution in [-0.2, 0) is 9.53 Å². The van der Waals surface area contributed by atoms with E-state index in [1.54, 1.807) is 0 Å². The van der Waals surface area contributed by atoms with E-state index in [4.69, 9.17) is 9.84 Å². The van der Waals surface area contributed by atoms with Crippen molar-refractivity contribution in [2.75, 3.05) is 26.3 Å². The molecule has 20 heavy (non-hydrogen) atoms. The van der Waals surface area contributed by atoms with Crippen LogP contribution in [0.5, 0.6) is 0 Å². The smallest absolute Gasteiger partial charge is 0.314 e. The van der Waals surface area contributed by atoms with E-state index in [2.05, 4.69) is 10.6 Å². The number of hydrogen-bond donors (Lipinski definition) is 3. The molecule has 0 radical (unpaired) electrons. The van der Waals surface area contributed by atoms with E-state index in [9.17, 15) is 9.59 Å². The number of amides is 2. The number of carbonyl (C=O) groups is 2. The monoisotopic (exact) mass is 284 g/mol. The van der Waals surface area contributed by atoms with Crippen molar-refractivity contribution >= 4 is 12.0 Å². The Balaban J connectivity index is 1.56. The fourth-order valence-electron chi connectivity index (χ4n) is 2.89. The van der Waals surface area contributed by atoms with Crippen LogP contribution in [-0.4, -0.2) is 43.4 Å². The maximum Gasteiger partial charge on any atom is 0.314 e. The average molecular weight is 284 g/mol. The van der Waals surface area contributed by atoms with Gasteiger partial charge in [0.15, 0.2) is 0 Å². The first-order chi connectivity index (χ1) is 9.65. The fourth-order valence-corrected chi connectivity index (χ4v) is 2.89. The van der Waals surface area contributed by atoms with Crippen LogP contribution >= 0.6 is 0 Å². The molecule has 2 rings (SSSR count). The lowest BCUT2D eigenvalue weighted by Crippen LogP contribution is -2.41. The number of urea groups is 1. The third-order valence-electron chi connectivity index (χ3n) is 4.32. The highest BCUT2D eigenvalue weighted by Crippen LogP contribution is 2.28. The molecule has 1 atom stereocenters. The van der Waals surface area contributed by atoms with Gasteiger partial charge in [0.05, 0.1) is 12.5 Å². The SMILES string of the molecule is O=C(NCC1CCC(C(=O)O)CC1)NCC1CCOC1. The van der Waals surface area contributed by atoms with Crippen molar-refractivity contribution in [2.45, 2.75) is 32.1 Å². The lowest BCUT2D eigenvalue weighted by atomic mass is 9.82. The maximum atomic E-state index is 11.7. The maximum absolute atomic E-state index is 11.7. The lowest BCUT2D eigenvalue weighted by molar-refractivity contribution is -0.143. The molecule has 6 heteroatoms. The summed E-state index contributed by atoms with van der Waals surface area (Å²) in [4.78, 5) is 22.5. The molecule has 114 valence electrons. The quantitative estimate of drug-likeness (QED) is 0.708. The Labute approximate surface area is 119 Å². The molecule has 0 aromatic rings. The van der Waals surface area contributed by atoms with Crippen LogP contribution in [0.1, 0.15) is 32.1 Å². The Morgan fingerprint density at radius 1 is 1.00 bits per heavy atom. The zero-order valence-corrected chi connectivity index (χ0v) is 11.8. The standard InChI is InChI=1S/C14H24N2O4/c17-13(18)12-3-1-10(2-4-12)7-15-14(19)16-8-11-5-6-20-9-11/h10-12H,1-9H2,(H,17,18)(H2,15,16,19). The van der Waals surface area contributed by atoms with Crippen LogP contribution < -0.4 is 10.6 Å². The van der Waals surface area contributed by atoms with Gasteiger partial charge in [0, 0.05) is 25.6 Å². The third-order valence-corrected chi connectivity index (χ3v) is 4.32. The molecule has 6 nitrogen and oxygen atoms in total. The Hall–Kier alpha value is -1.30. The molecule has 0 aromatic heterocycles. The van der Waals surface area contributed by atoms with E-state index in [1.807, 2.05) is 0 Å². The van der Waals surface area contributed by atoms with Crippen LogP contribution in [0.2, 0.25) is 0 Å². The number of aliphatic carboxylic acids is 1. The van der Waals surface area contributed by atoms with Crippen molar-refractivity contribution in [1.29, 1.82) is 0 Å². The number of rotatable bonds is 5. The molecule has 1 aliphatic carbocycles. The topological polar surface area (TPSA) is 87.7 Å². The average Bonchev–Trinajstić information content (AvgIpc) is 2.96. The number of nitrogens with one attached hydrogen (secondary N) is 2. The van der Waals surface area contributed by atoms with Crippen molar-refractivity contribution in [1.82, 2.24) is 10.6 Å². The van der Waals surface area contributed by atoms with Crippen LogP contribution in [0.3, 0.4) is 0 Å². The second-order valence-corrected chi connectivity index (χ2v) is 5.88. The van der Waals surface area contributed by atoms with Crippen LogP contribution in [0.15, 0.2) is 0 Å². The predicted octanol–water partition coefficient (Wildman–Crippen LogP) is 1.21. The summed E-state index contributed by atoms with van der Waals surface area (Å²) in [6.07, 6.45) is 4.23. The molecule has 2 amide bonds. The van der Waals surface area contributed by atoms with Crippen molar-refractivity contribution in [3.05, 3.63) is 0 Å². The largest absolute Gasteiger partial charge is 0.481 e. The van der Waals surface area contributed by atoms with Gasteiger partial charge in [-0.2, -0.15) is 0 Å². The zero-order chi connectivity index (χ0) is 14.4. The van der Waals surface area contributed by atoms with E-state index in [0.717, 1.165) is 45.3 Å². The normalized spacial score (nSPS) is 29.9. The minimum absolute atomic E-state index is 0.128. The Kier molecular flexibility index (Phi) is 5.64. The van der Waals surface area contributed by atoms with Gasteiger partial charge >= 0.3 is 12.0 Å². The highest BCUT2D eigenvalue weighted by Gasteiger charge is 2.26. The third kappa shape index (κ3) is 4.67. The summed E-state index contributed by atoms with van der Waals surface area (Å²) in [5.74, 6) is -0.0340. The Morgan fingerprint density at radius 2 is 1.65 bits per heavy atom. The molecular formula is C14H24N2O4. The van der Waals surface area contributed by atoms with Gasteiger partial charge in [-0.05, 0) is 38.0 Å². The Morgan fingerprint density at radius 3 is 2.20 bits per heavy atom. The molecule has 2 aliphatic rings. The van der Waals surface area contributed by atoms with E-state index >= 15 is 0 Å². The number of hydrogen-bond acceptors (Lipinski definition) is 3. The van der Waals surface area contributed by atoms with Gasteiger partial charge in [0.2, 0.25) is 0 Å². The predicted molar refractivity (Wildman–Crippen MR) is 73.4 cm³/mol. The van der Waals surface area contributed by atoms with Crippen molar-refractivity contribution < 1.29 is 19.4 Å². The first-order valence-electron chi connectivity index (χ1n) is 7.47. The zero-order valence-electron chi connectivity index (χ0n) is 11.8. The van der Waals surface area contributed by atoms with Crippen molar-refractivity contribution in [2.24, 2.45) is 17.8 Å². The molecule has 1 unspecified atom stereocenters. The molecule has 2 fully saturated rings. The minimum Gasteiger partial charge on any atom is -0.481 e. The summed E-state index contributed by atoms with van der Waals surface area (Å²) in [6.45, 7) is 2.83. The first kappa shape index (κ1) is 15.1. The summed E-state index contributed by atoms with van der Waals surface area (Å²) in [6, 6.07) is -0.128. The van der Waals surface area contributed by atoms with Gasteiger partial charge in [-0.15, -0.1) is 0 Å². The summed E-state index contributed by atoms with van der Waals surface area (Å²) in [5, 5.41) is 14.7. The van der Waals surface area contributed by atoms with Gasteiger partial charge < -0.3 is 20.5 Å². The van der Waals surface area contributed by atoms with E-state index < -0.39 is 5.97 Å². The van der Waals surface area contributed by atoms with Crippen LogP contribution in [0.25, 0.3) is 0 Å². The summed E-state index contributed by atoms with van der Waals surface area (Å²) in [5.41, 5.74) is 0. The number of carbonyl (C=O) groups excluding carboxylic acids is 1. The number of carboxylic acid groups (broad SMARTS) is 1. The van der Waals surface area contributed by atoms with Crippen molar-refractivity contribution in [3.63, 3.8) is 0 Å². The second kappa shape index (κ2) is 7.47. The number of ether oxygens (including phenoxy) is 1. The highest BCUT2D eigenvalue weighted by atomic mass is 16.5. The van der Waals surface area contributed by atoms with Gasteiger partial charge in [-0.25, -0.2) is 4.79 Å². The molecular weight excluding hydrogens is 260 g/mol. The second-order valence-electron chi connectivity index (χ2n) is 5.88. The highest BCUT2D eigenvalue weighted by molar-refractivity contribution is 5.73. The van der Waals surface area contributed by atoms with Gasteiger partial charge in [-0.1, -0.05) is 0 Å². The van der Waals surface area contributed by atoms with E-state index in [-0.39, 0.29) is 11.9 Å². The molecule has 3 N–H and O–H groups in total. The van der Waals surface area contributed by atoms with E-state index in [0.29, 0.717) is 24.9 Å². The van der Waals surface area contributed by atoms with Gasteiger partial charge in [0.25, 0.3) is 0 Å². The van der Waals surface area contributed by atoms with Gasteiger partial charge in [0.1, 0.15) is 0 Å². The van der Waals surface area contributed by atoms with Crippen LogP contribution in [0, 0.1) is 17.8 Å². The molecule has 1 aliphatic heterocycles. The molecule has 1 saturated heterocycles. The van der Waals surface area contributed by atoms with E-state index in [1.165, 1.54) is 0 Å². The fraction of sp³-hybridized carbons (Fsp3) is 0.857.